The number of aryl methyl sites for hydroxylation is 1. The van der Waals surface area contributed by atoms with E-state index < -0.39 is 10.0 Å². The van der Waals surface area contributed by atoms with Crippen LogP contribution < -0.4 is 0 Å². The predicted octanol–water partition coefficient (Wildman–Crippen LogP) is 2.17. The first-order valence-electron chi connectivity index (χ1n) is 6.61. The van der Waals surface area contributed by atoms with E-state index >= 15 is 0 Å². The molecule has 0 unspecified atom stereocenters. The number of hydrogen-bond acceptors (Lipinski definition) is 3. The number of benzene rings is 1. The number of likely N-dealkylation sites (N-methyl/N-ethyl adjacent to an activating group) is 2. The fourth-order valence-electron chi connectivity index (χ4n) is 1.84. The van der Waals surface area contributed by atoms with E-state index in [1.165, 1.54) is 4.31 Å². The second-order valence-corrected chi connectivity index (χ2v) is 7.34. The highest BCUT2D eigenvalue weighted by molar-refractivity contribution is 7.89. The number of rotatable bonds is 7. The van der Waals surface area contributed by atoms with Crippen LogP contribution in [-0.4, -0.2) is 51.9 Å². The van der Waals surface area contributed by atoms with Gasteiger partial charge in [0.25, 0.3) is 0 Å². The summed E-state index contributed by atoms with van der Waals surface area (Å²) in [6, 6.07) is 5.42. The van der Waals surface area contributed by atoms with Gasteiger partial charge in [0.15, 0.2) is 0 Å². The van der Waals surface area contributed by atoms with Crippen molar-refractivity contribution in [3.05, 3.63) is 29.3 Å². The van der Waals surface area contributed by atoms with Crippen LogP contribution in [-0.2, 0) is 22.3 Å². The summed E-state index contributed by atoms with van der Waals surface area (Å²) < 4.78 is 26.7. The Hall–Kier alpha value is -0.620. The molecule has 0 fully saturated rings. The van der Waals surface area contributed by atoms with Crippen LogP contribution in [0.3, 0.4) is 0 Å². The average molecular weight is 319 g/mol. The zero-order valence-corrected chi connectivity index (χ0v) is 14.1. The minimum atomic E-state index is -3.46. The third-order valence-corrected chi connectivity index (χ3v) is 5.46. The maximum absolute atomic E-state index is 12.7. The Labute approximate surface area is 127 Å². The van der Waals surface area contributed by atoms with E-state index in [1.807, 2.05) is 38.1 Å². The Bertz CT molecular complexity index is 544. The van der Waals surface area contributed by atoms with Crippen LogP contribution in [0.25, 0.3) is 0 Å². The maximum atomic E-state index is 12.7. The van der Waals surface area contributed by atoms with Gasteiger partial charge in [0.05, 0.1) is 4.90 Å². The molecule has 1 aromatic carbocycles. The van der Waals surface area contributed by atoms with Crippen molar-refractivity contribution in [1.29, 1.82) is 0 Å². The minimum absolute atomic E-state index is 0.313. The standard InChI is InChI=1S/C14H23ClN2O2S/c1-5-13-7-6-12(11-15)10-14(13)20(18,19)17(4)9-8-16(2)3/h6-7,10H,5,8-9,11H2,1-4H3. The van der Waals surface area contributed by atoms with Gasteiger partial charge in [-0.1, -0.05) is 19.1 Å². The normalized spacial score (nSPS) is 12.3. The highest BCUT2D eigenvalue weighted by atomic mass is 35.5. The summed E-state index contributed by atoms with van der Waals surface area (Å²) in [7, 11) is 2.00. The maximum Gasteiger partial charge on any atom is 0.243 e. The molecule has 0 spiro atoms. The van der Waals surface area contributed by atoms with E-state index in [0.717, 1.165) is 11.1 Å². The van der Waals surface area contributed by atoms with Gasteiger partial charge in [0.1, 0.15) is 0 Å². The van der Waals surface area contributed by atoms with E-state index in [-0.39, 0.29) is 0 Å². The van der Waals surface area contributed by atoms with Crippen molar-refractivity contribution < 1.29 is 8.42 Å². The molecule has 0 aliphatic rings. The molecular weight excluding hydrogens is 296 g/mol. The molecule has 0 aliphatic carbocycles. The van der Waals surface area contributed by atoms with Crippen LogP contribution in [0, 0.1) is 0 Å². The summed E-state index contributed by atoms with van der Waals surface area (Å²) in [6.07, 6.45) is 0.679. The molecule has 0 N–H and O–H groups in total. The average Bonchev–Trinajstić information content (AvgIpc) is 2.43. The number of sulfonamides is 1. The van der Waals surface area contributed by atoms with Crippen LogP contribution in [0.2, 0.25) is 0 Å². The van der Waals surface area contributed by atoms with Gasteiger partial charge >= 0.3 is 0 Å². The van der Waals surface area contributed by atoms with Gasteiger partial charge < -0.3 is 4.90 Å². The number of halogens is 1. The summed E-state index contributed by atoms with van der Waals surface area (Å²) in [5.41, 5.74) is 1.65. The van der Waals surface area contributed by atoms with Crippen LogP contribution >= 0.6 is 11.6 Å². The van der Waals surface area contributed by atoms with Gasteiger partial charge in [-0.3, -0.25) is 0 Å². The molecule has 0 aliphatic heterocycles. The summed E-state index contributed by atoms with van der Waals surface area (Å²) in [4.78, 5) is 2.33. The van der Waals surface area contributed by atoms with Gasteiger partial charge in [-0.05, 0) is 37.7 Å². The van der Waals surface area contributed by atoms with Gasteiger partial charge in [0, 0.05) is 26.0 Å². The SMILES string of the molecule is CCc1ccc(CCl)cc1S(=O)(=O)N(C)CCN(C)C. The molecular formula is C14H23ClN2O2S. The van der Waals surface area contributed by atoms with Gasteiger partial charge in [-0.25, -0.2) is 8.42 Å². The Balaban J connectivity index is 3.13. The number of nitrogens with zero attached hydrogens (tertiary/aromatic N) is 2. The van der Waals surface area contributed by atoms with E-state index in [9.17, 15) is 8.42 Å². The van der Waals surface area contributed by atoms with Crippen LogP contribution in [0.1, 0.15) is 18.1 Å². The second-order valence-electron chi connectivity index (χ2n) is 5.06. The van der Waals surface area contributed by atoms with E-state index in [2.05, 4.69) is 0 Å². The van der Waals surface area contributed by atoms with Crippen molar-refractivity contribution in [2.24, 2.45) is 0 Å². The summed E-state index contributed by atoms with van der Waals surface area (Å²) >= 11 is 5.81. The molecule has 0 atom stereocenters. The van der Waals surface area contributed by atoms with Gasteiger partial charge in [-0.15, -0.1) is 11.6 Å². The number of alkyl halides is 1. The van der Waals surface area contributed by atoms with Crippen LogP contribution in [0.5, 0.6) is 0 Å². The zero-order valence-electron chi connectivity index (χ0n) is 12.6. The molecule has 114 valence electrons. The highest BCUT2D eigenvalue weighted by Gasteiger charge is 2.23. The Morgan fingerprint density at radius 2 is 1.80 bits per heavy atom. The molecule has 0 saturated heterocycles. The monoisotopic (exact) mass is 318 g/mol. The summed E-state index contributed by atoms with van der Waals surface area (Å²) in [5.74, 6) is 0.313. The topological polar surface area (TPSA) is 40.6 Å². The molecule has 4 nitrogen and oxygen atoms in total. The number of hydrogen-bond donors (Lipinski definition) is 0. The first-order chi connectivity index (χ1) is 9.32. The largest absolute Gasteiger partial charge is 0.308 e. The van der Waals surface area contributed by atoms with Crippen LogP contribution in [0.15, 0.2) is 23.1 Å². The molecule has 20 heavy (non-hydrogen) atoms. The molecule has 0 radical (unpaired) electrons. The molecule has 0 heterocycles. The van der Waals surface area contributed by atoms with E-state index in [0.29, 0.717) is 30.3 Å². The molecule has 0 aromatic heterocycles. The fraction of sp³-hybridized carbons (Fsp3) is 0.571. The van der Waals surface area contributed by atoms with E-state index in [1.54, 1.807) is 13.1 Å². The molecule has 1 aromatic rings. The third-order valence-electron chi connectivity index (χ3n) is 3.22. The Kier molecular flexibility index (Phi) is 6.45. The van der Waals surface area contributed by atoms with Crippen molar-refractivity contribution >= 4 is 21.6 Å². The van der Waals surface area contributed by atoms with E-state index in [4.69, 9.17) is 11.6 Å². The van der Waals surface area contributed by atoms with Crippen molar-refractivity contribution in [3.8, 4) is 0 Å². The summed E-state index contributed by atoms with van der Waals surface area (Å²) in [5, 5.41) is 0. The summed E-state index contributed by atoms with van der Waals surface area (Å²) in [6.45, 7) is 3.10. The molecule has 1 rings (SSSR count). The fourth-order valence-corrected chi connectivity index (χ4v) is 3.51. The zero-order chi connectivity index (χ0) is 15.3. The molecule has 0 amide bonds. The Morgan fingerprint density at radius 3 is 2.30 bits per heavy atom. The molecule has 0 bridgehead atoms. The van der Waals surface area contributed by atoms with Crippen molar-refractivity contribution in [1.82, 2.24) is 9.21 Å². The lowest BCUT2D eigenvalue weighted by atomic mass is 10.1. The first-order valence-corrected chi connectivity index (χ1v) is 8.59. The third kappa shape index (κ3) is 4.19. The van der Waals surface area contributed by atoms with Crippen molar-refractivity contribution in [3.63, 3.8) is 0 Å². The Morgan fingerprint density at radius 1 is 1.15 bits per heavy atom. The van der Waals surface area contributed by atoms with Crippen molar-refractivity contribution in [2.45, 2.75) is 24.1 Å². The lowest BCUT2D eigenvalue weighted by Gasteiger charge is -2.21. The highest BCUT2D eigenvalue weighted by Crippen LogP contribution is 2.22. The quantitative estimate of drug-likeness (QED) is 0.723. The van der Waals surface area contributed by atoms with Crippen molar-refractivity contribution in [2.75, 3.05) is 34.2 Å². The lowest BCUT2D eigenvalue weighted by molar-refractivity contribution is 0.358. The molecule has 6 heteroatoms. The predicted molar refractivity (Wildman–Crippen MR) is 83.7 cm³/mol. The first kappa shape index (κ1) is 17.4. The van der Waals surface area contributed by atoms with Gasteiger partial charge in [-0.2, -0.15) is 4.31 Å². The molecule has 0 saturated carbocycles. The lowest BCUT2D eigenvalue weighted by Crippen LogP contribution is -2.34. The second kappa shape index (κ2) is 7.41. The van der Waals surface area contributed by atoms with Crippen LogP contribution in [0.4, 0.5) is 0 Å². The minimum Gasteiger partial charge on any atom is -0.308 e. The van der Waals surface area contributed by atoms with Gasteiger partial charge in [0.2, 0.25) is 10.0 Å². The smallest absolute Gasteiger partial charge is 0.243 e.